The molecule has 0 amide bonds. The fraction of sp³-hybridized carbons (Fsp3) is 0.250. The van der Waals surface area contributed by atoms with Crippen LogP contribution in [0.2, 0.25) is 0 Å². The molecule has 8 heteroatoms. The molecule has 32 heavy (non-hydrogen) atoms. The highest BCUT2D eigenvalue weighted by Crippen LogP contribution is 2.39. The minimum atomic E-state index is -0.508. The van der Waals surface area contributed by atoms with Gasteiger partial charge in [-0.15, -0.1) is 0 Å². The fourth-order valence-corrected chi connectivity index (χ4v) is 5.87. The quantitative estimate of drug-likeness (QED) is 0.446. The van der Waals surface area contributed by atoms with Crippen LogP contribution in [0.5, 0.6) is 0 Å². The van der Waals surface area contributed by atoms with E-state index in [0.717, 1.165) is 35.1 Å². The van der Waals surface area contributed by atoms with Crippen LogP contribution in [0.4, 0.5) is 14.5 Å². The average Bonchev–Trinajstić information content (AvgIpc) is 3.48. The van der Waals surface area contributed by atoms with Gasteiger partial charge in [-0.2, -0.15) is 0 Å². The number of nitrogens with zero attached hydrogens (tertiary/aromatic N) is 5. The zero-order valence-electron chi connectivity index (χ0n) is 17.4. The summed E-state index contributed by atoms with van der Waals surface area (Å²) >= 11 is 1.27. The summed E-state index contributed by atoms with van der Waals surface area (Å²) in [7, 11) is 2.07. The maximum atomic E-state index is 15.1. The smallest absolute Gasteiger partial charge is 0.150 e. The van der Waals surface area contributed by atoms with Crippen LogP contribution in [0.25, 0.3) is 22.2 Å². The van der Waals surface area contributed by atoms with Crippen LogP contribution in [0.15, 0.2) is 66.1 Å². The standard InChI is InChI=1S/C24H21F2N5S/c1-29-13-16-8-15(29)14-30(16)24-20(25)9-17(10-21(24)26)32-31-7-5-18-19(11-27-12-23(18)31)22-4-2-3-6-28-22/h2-7,9-12,15-16H,8,13-14H2,1H3. The van der Waals surface area contributed by atoms with Crippen molar-refractivity contribution in [2.24, 2.45) is 0 Å². The van der Waals surface area contributed by atoms with Gasteiger partial charge in [0.2, 0.25) is 0 Å². The van der Waals surface area contributed by atoms with E-state index in [4.69, 9.17) is 0 Å². The second-order valence-electron chi connectivity index (χ2n) is 8.44. The van der Waals surface area contributed by atoms with Gasteiger partial charge in [-0.25, -0.2) is 8.78 Å². The first-order chi connectivity index (χ1) is 15.6. The molecule has 1 aromatic carbocycles. The Balaban J connectivity index is 1.32. The Morgan fingerprint density at radius 1 is 1.03 bits per heavy atom. The van der Waals surface area contributed by atoms with E-state index >= 15 is 8.78 Å². The van der Waals surface area contributed by atoms with E-state index in [1.54, 1.807) is 18.6 Å². The lowest BCUT2D eigenvalue weighted by Crippen LogP contribution is -2.45. The van der Waals surface area contributed by atoms with Crippen LogP contribution in [0.1, 0.15) is 6.42 Å². The number of rotatable bonds is 4. The lowest BCUT2D eigenvalue weighted by atomic mass is 10.1. The highest BCUT2D eigenvalue weighted by Gasteiger charge is 2.43. The topological polar surface area (TPSA) is 37.2 Å². The Morgan fingerprint density at radius 3 is 2.56 bits per heavy atom. The van der Waals surface area contributed by atoms with Crippen molar-refractivity contribution in [3.63, 3.8) is 0 Å². The molecule has 2 saturated heterocycles. The monoisotopic (exact) mass is 449 g/mol. The molecule has 162 valence electrons. The molecule has 4 aromatic rings. The molecule has 2 unspecified atom stereocenters. The normalized spacial score (nSPS) is 20.5. The third-order valence-corrected chi connectivity index (χ3v) is 7.48. The third kappa shape index (κ3) is 3.17. The van der Waals surface area contributed by atoms with Crippen molar-refractivity contribution >= 4 is 28.5 Å². The van der Waals surface area contributed by atoms with E-state index in [-0.39, 0.29) is 11.7 Å². The maximum absolute atomic E-state index is 15.1. The second kappa shape index (κ2) is 7.56. The molecule has 2 aliphatic heterocycles. The summed E-state index contributed by atoms with van der Waals surface area (Å²) in [6.07, 6.45) is 8.15. The first-order valence-corrected chi connectivity index (χ1v) is 11.4. The number of piperazine rings is 1. The number of hydrogen-bond acceptors (Lipinski definition) is 5. The molecule has 0 N–H and O–H groups in total. The molecule has 2 aliphatic rings. The first kappa shape index (κ1) is 19.7. The van der Waals surface area contributed by atoms with Gasteiger partial charge in [-0.05, 0) is 55.7 Å². The zero-order chi connectivity index (χ0) is 21.8. The van der Waals surface area contributed by atoms with E-state index in [9.17, 15) is 0 Å². The van der Waals surface area contributed by atoms with Crippen LogP contribution in [0, 0.1) is 11.6 Å². The van der Waals surface area contributed by atoms with Gasteiger partial charge < -0.3 is 4.90 Å². The van der Waals surface area contributed by atoms with E-state index in [0.29, 0.717) is 17.5 Å². The zero-order valence-corrected chi connectivity index (χ0v) is 18.3. The van der Waals surface area contributed by atoms with Crippen molar-refractivity contribution in [2.45, 2.75) is 23.4 Å². The third-order valence-electron chi connectivity index (χ3n) is 6.52. The SMILES string of the molecule is CN1CC2CC1CN2c1c(F)cc(Sn2ccc3c(-c4ccccn4)cncc32)cc1F. The largest absolute Gasteiger partial charge is 0.361 e. The number of hydrogen-bond donors (Lipinski definition) is 0. The predicted molar refractivity (Wildman–Crippen MR) is 123 cm³/mol. The molecule has 2 bridgehead atoms. The van der Waals surface area contributed by atoms with Gasteiger partial charge in [0.05, 0.1) is 17.4 Å². The van der Waals surface area contributed by atoms with E-state index < -0.39 is 11.6 Å². The highest BCUT2D eigenvalue weighted by atomic mass is 32.2. The van der Waals surface area contributed by atoms with Crippen LogP contribution in [-0.2, 0) is 0 Å². The summed E-state index contributed by atoms with van der Waals surface area (Å²) in [6, 6.07) is 11.1. The second-order valence-corrected chi connectivity index (χ2v) is 9.49. The Bertz CT molecular complexity index is 1280. The molecule has 0 spiro atoms. The van der Waals surface area contributed by atoms with Crippen LogP contribution in [-0.4, -0.2) is 51.1 Å². The van der Waals surface area contributed by atoms with Crippen molar-refractivity contribution in [3.05, 3.63) is 72.8 Å². The molecule has 0 radical (unpaired) electrons. The van der Waals surface area contributed by atoms with Crippen molar-refractivity contribution in [2.75, 3.05) is 25.0 Å². The van der Waals surface area contributed by atoms with E-state index in [1.165, 1.54) is 24.1 Å². The van der Waals surface area contributed by atoms with Gasteiger partial charge >= 0.3 is 0 Å². The summed E-state index contributed by atoms with van der Waals surface area (Å²) in [5, 5.41) is 0.987. The van der Waals surface area contributed by atoms with Crippen molar-refractivity contribution in [1.29, 1.82) is 0 Å². The molecule has 0 saturated carbocycles. The van der Waals surface area contributed by atoms with Gasteiger partial charge in [-0.3, -0.25) is 18.8 Å². The molecule has 2 atom stereocenters. The number of anilines is 1. The Morgan fingerprint density at radius 2 is 1.88 bits per heavy atom. The summed E-state index contributed by atoms with van der Waals surface area (Å²) < 4.78 is 32.0. The molecule has 6 rings (SSSR count). The summed E-state index contributed by atoms with van der Waals surface area (Å²) in [5.74, 6) is -1.02. The van der Waals surface area contributed by atoms with Gasteiger partial charge in [0.1, 0.15) is 5.69 Å². The molecule has 0 aliphatic carbocycles. The molecule has 3 aromatic heterocycles. The number of aromatic nitrogens is 3. The van der Waals surface area contributed by atoms with Gasteiger partial charge in [-0.1, -0.05) is 6.07 Å². The van der Waals surface area contributed by atoms with E-state index in [2.05, 4.69) is 21.9 Å². The fourth-order valence-electron chi connectivity index (χ4n) is 4.96. The Hall–Kier alpha value is -2.97. The van der Waals surface area contributed by atoms with Gasteiger partial charge in [0, 0.05) is 59.6 Å². The molecule has 5 nitrogen and oxygen atoms in total. The van der Waals surface area contributed by atoms with Crippen molar-refractivity contribution in [3.8, 4) is 11.3 Å². The Labute approximate surface area is 188 Å². The predicted octanol–water partition coefficient (Wildman–Crippen LogP) is 4.82. The maximum Gasteiger partial charge on any atom is 0.150 e. The highest BCUT2D eigenvalue weighted by molar-refractivity contribution is 7.98. The summed E-state index contributed by atoms with van der Waals surface area (Å²) in [5.41, 5.74) is 2.72. The first-order valence-electron chi connectivity index (χ1n) is 10.6. The molecular weight excluding hydrogens is 428 g/mol. The molecular formula is C24H21F2N5S. The number of likely N-dealkylation sites (tertiary alicyclic amines) is 1. The van der Waals surface area contributed by atoms with Gasteiger partial charge in [0.15, 0.2) is 11.6 Å². The lowest BCUT2D eigenvalue weighted by molar-refractivity contribution is 0.291. The molecule has 5 heterocycles. The molecule has 2 fully saturated rings. The van der Waals surface area contributed by atoms with Crippen LogP contribution in [0.3, 0.4) is 0 Å². The number of pyridine rings is 2. The van der Waals surface area contributed by atoms with E-state index in [1.807, 2.05) is 39.3 Å². The average molecular weight is 450 g/mol. The van der Waals surface area contributed by atoms with Crippen LogP contribution < -0.4 is 4.90 Å². The van der Waals surface area contributed by atoms with Crippen LogP contribution >= 0.6 is 11.9 Å². The van der Waals surface area contributed by atoms with Crippen molar-refractivity contribution in [1.82, 2.24) is 18.8 Å². The number of benzene rings is 1. The number of fused-ring (bicyclic) bond motifs is 3. The Kier molecular flexibility index (Phi) is 4.66. The minimum absolute atomic E-state index is 0.103. The number of halogens is 2. The number of likely N-dealkylation sites (N-methyl/N-ethyl adjacent to an activating group) is 1. The van der Waals surface area contributed by atoms with Gasteiger partial charge in [0.25, 0.3) is 0 Å². The summed E-state index contributed by atoms with van der Waals surface area (Å²) in [6.45, 7) is 1.52. The minimum Gasteiger partial charge on any atom is -0.361 e. The summed E-state index contributed by atoms with van der Waals surface area (Å²) in [4.78, 5) is 13.5. The van der Waals surface area contributed by atoms with Crippen molar-refractivity contribution < 1.29 is 8.78 Å². The lowest BCUT2D eigenvalue weighted by Gasteiger charge is -2.34.